The molecule has 0 radical (unpaired) electrons. The van der Waals surface area contributed by atoms with Crippen LogP contribution >= 0.6 is 11.6 Å². The average molecular weight is 380 g/mol. The number of halogens is 2. The van der Waals surface area contributed by atoms with Crippen molar-refractivity contribution in [1.29, 1.82) is 0 Å². The summed E-state index contributed by atoms with van der Waals surface area (Å²) in [5, 5.41) is 3.04. The first-order valence-corrected chi connectivity index (χ1v) is 8.27. The highest BCUT2D eigenvalue weighted by Crippen LogP contribution is 2.21. The second-order valence-corrected chi connectivity index (χ2v) is 6.45. The molecule has 0 aliphatic carbocycles. The van der Waals surface area contributed by atoms with Gasteiger partial charge in [-0.2, -0.15) is 0 Å². The maximum absolute atomic E-state index is 13.5. The number of hydrogen-bond acceptors (Lipinski definition) is 4. The lowest BCUT2D eigenvalue weighted by Gasteiger charge is -2.24. The van der Waals surface area contributed by atoms with Gasteiger partial charge in [0.05, 0.1) is 0 Å². The number of benzene rings is 2. The van der Waals surface area contributed by atoms with Crippen LogP contribution in [-0.4, -0.2) is 24.1 Å². The van der Waals surface area contributed by atoms with Gasteiger partial charge < -0.3 is 14.8 Å². The summed E-state index contributed by atoms with van der Waals surface area (Å²) < 4.78 is 24.0. The monoisotopic (exact) mass is 379 g/mol. The zero-order chi connectivity index (χ0) is 19.2. The lowest BCUT2D eigenvalue weighted by molar-refractivity contribution is -0.162. The van der Waals surface area contributed by atoms with Crippen LogP contribution < -0.4 is 10.1 Å². The van der Waals surface area contributed by atoms with Crippen molar-refractivity contribution in [2.24, 2.45) is 0 Å². The molecule has 2 aromatic rings. The Hall–Kier alpha value is -2.60. The lowest BCUT2D eigenvalue weighted by atomic mass is 10.1. The molecular formula is C19H19ClFNO4. The summed E-state index contributed by atoms with van der Waals surface area (Å²) in [6.07, 6.45) is 0. The molecular weight excluding hydrogens is 361 g/mol. The summed E-state index contributed by atoms with van der Waals surface area (Å²) in [5.41, 5.74) is -0.946. The summed E-state index contributed by atoms with van der Waals surface area (Å²) >= 11 is 5.80. The maximum atomic E-state index is 13.5. The van der Waals surface area contributed by atoms with E-state index in [9.17, 15) is 14.0 Å². The van der Waals surface area contributed by atoms with Crippen molar-refractivity contribution in [2.45, 2.75) is 26.0 Å². The van der Waals surface area contributed by atoms with Crippen LogP contribution in [0.2, 0.25) is 5.02 Å². The van der Waals surface area contributed by atoms with Crippen molar-refractivity contribution < 1.29 is 23.5 Å². The van der Waals surface area contributed by atoms with E-state index in [1.54, 1.807) is 42.5 Å². The molecule has 0 bridgehead atoms. The molecule has 0 aromatic heterocycles. The van der Waals surface area contributed by atoms with Crippen molar-refractivity contribution >= 4 is 23.5 Å². The van der Waals surface area contributed by atoms with Crippen molar-refractivity contribution in [3.8, 4) is 5.75 Å². The minimum absolute atomic E-state index is 0.00766. The van der Waals surface area contributed by atoms with E-state index in [-0.39, 0.29) is 6.54 Å². The standard InChI is InChI=1S/C19H19ClFNO4/c1-19(2,26-15-9-7-14(20)8-10-15)18(24)25-12-17(23)22-11-13-5-3-4-6-16(13)21/h3-10H,11-12H2,1-2H3,(H,22,23). The van der Waals surface area contributed by atoms with Crippen LogP contribution in [0.4, 0.5) is 4.39 Å². The molecule has 0 saturated heterocycles. The van der Waals surface area contributed by atoms with E-state index in [0.29, 0.717) is 16.3 Å². The van der Waals surface area contributed by atoms with E-state index in [1.165, 1.54) is 19.9 Å². The van der Waals surface area contributed by atoms with Gasteiger partial charge in [-0.3, -0.25) is 4.79 Å². The fourth-order valence-electron chi connectivity index (χ4n) is 2.03. The first-order chi connectivity index (χ1) is 12.3. The van der Waals surface area contributed by atoms with Gasteiger partial charge in [-0.05, 0) is 44.2 Å². The van der Waals surface area contributed by atoms with Crippen LogP contribution in [0.1, 0.15) is 19.4 Å². The van der Waals surface area contributed by atoms with Gasteiger partial charge in [0, 0.05) is 17.1 Å². The van der Waals surface area contributed by atoms with Gasteiger partial charge in [-0.15, -0.1) is 0 Å². The number of carbonyl (C=O) groups excluding carboxylic acids is 2. The van der Waals surface area contributed by atoms with Gasteiger partial charge in [0.25, 0.3) is 5.91 Å². The Labute approximate surface area is 156 Å². The van der Waals surface area contributed by atoms with Gasteiger partial charge >= 0.3 is 5.97 Å². The summed E-state index contributed by atoms with van der Waals surface area (Å²) in [4.78, 5) is 23.9. The van der Waals surface area contributed by atoms with E-state index < -0.39 is 29.9 Å². The summed E-state index contributed by atoms with van der Waals surface area (Å²) in [5.74, 6) is -1.21. The predicted molar refractivity (Wildman–Crippen MR) is 95.4 cm³/mol. The maximum Gasteiger partial charge on any atom is 0.350 e. The predicted octanol–water partition coefficient (Wildman–Crippen LogP) is 3.50. The zero-order valence-corrected chi connectivity index (χ0v) is 15.2. The highest BCUT2D eigenvalue weighted by Gasteiger charge is 2.32. The molecule has 138 valence electrons. The van der Waals surface area contributed by atoms with E-state index in [2.05, 4.69) is 5.32 Å². The molecule has 0 heterocycles. The average Bonchev–Trinajstić information content (AvgIpc) is 2.60. The van der Waals surface area contributed by atoms with Crippen molar-refractivity contribution in [3.05, 3.63) is 64.9 Å². The molecule has 2 aromatic carbocycles. The van der Waals surface area contributed by atoms with Crippen molar-refractivity contribution in [1.82, 2.24) is 5.32 Å². The highest BCUT2D eigenvalue weighted by molar-refractivity contribution is 6.30. The minimum Gasteiger partial charge on any atom is -0.476 e. The van der Waals surface area contributed by atoms with Gasteiger partial charge in [-0.1, -0.05) is 29.8 Å². The molecule has 0 unspecified atom stereocenters. The third-order valence-corrected chi connectivity index (χ3v) is 3.70. The quantitative estimate of drug-likeness (QED) is 0.748. The Morgan fingerprint density at radius 1 is 1.12 bits per heavy atom. The number of amides is 1. The number of esters is 1. The number of hydrogen-bond donors (Lipinski definition) is 1. The molecule has 0 aliphatic rings. The normalized spacial score (nSPS) is 10.9. The fraction of sp³-hybridized carbons (Fsp3) is 0.263. The fourth-order valence-corrected chi connectivity index (χ4v) is 2.16. The van der Waals surface area contributed by atoms with Crippen LogP contribution in [0.25, 0.3) is 0 Å². The molecule has 1 N–H and O–H groups in total. The second-order valence-electron chi connectivity index (χ2n) is 6.01. The summed E-state index contributed by atoms with van der Waals surface area (Å²) in [6, 6.07) is 12.6. The number of nitrogens with one attached hydrogen (secondary N) is 1. The van der Waals surface area contributed by atoms with Crippen molar-refractivity contribution in [2.75, 3.05) is 6.61 Å². The Kier molecular flexibility index (Phi) is 6.58. The Morgan fingerprint density at radius 3 is 2.42 bits per heavy atom. The molecule has 0 spiro atoms. The molecule has 7 heteroatoms. The van der Waals surface area contributed by atoms with Gasteiger partial charge in [0.1, 0.15) is 11.6 Å². The molecule has 0 fully saturated rings. The number of rotatable bonds is 7. The topological polar surface area (TPSA) is 64.6 Å². The first kappa shape index (κ1) is 19.7. The molecule has 0 aliphatic heterocycles. The summed E-state index contributed by atoms with van der Waals surface area (Å²) in [6.45, 7) is 2.58. The Bertz CT molecular complexity index is 777. The highest BCUT2D eigenvalue weighted by atomic mass is 35.5. The molecule has 26 heavy (non-hydrogen) atoms. The van der Waals surface area contributed by atoms with Crippen molar-refractivity contribution in [3.63, 3.8) is 0 Å². The first-order valence-electron chi connectivity index (χ1n) is 7.90. The Morgan fingerprint density at radius 2 is 1.77 bits per heavy atom. The van der Waals surface area contributed by atoms with Gasteiger partial charge in [-0.25, -0.2) is 9.18 Å². The third-order valence-electron chi connectivity index (χ3n) is 3.45. The zero-order valence-electron chi connectivity index (χ0n) is 14.4. The van der Waals surface area contributed by atoms with Crippen LogP contribution in [0.15, 0.2) is 48.5 Å². The smallest absolute Gasteiger partial charge is 0.350 e. The third kappa shape index (κ3) is 5.74. The Balaban J connectivity index is 1.81. The van der Waals surface area contributed by atoms with E-state index >= 15 is 0 Å². The van der Waals surface area contributed by atoms with Crippen LogP contribution in [0.3, 0.4) is 0 Å². The van der Waals surface area contributed by atoms with Crippen LogP contribution in [0.5, 0.6) is 5.75 Å². The molecule has 2 rings (SSSR count). The van der Waals surface area contributed by atoms with Gasteiger partial charge in [0.15, 0.2) is 12.2 Å². The molecule has 0 saturated carbocycles. The molecule has 5 nitrogen and oxygen atoms in total. The SMILES string of the molecule is CC(C)(Oc1ccc(Cl)cc1)C(=O)OCC(=O)NCc1ccccc1F. The largest absolute Gasteiger partial charge is 0.476 e. The van der Waals surface area contributed by atoms with Crippen LogP contribution in [-0.2, 0) is 20.9 Å². The van der Waals surface area contributed by atoms with E-state index in [0.717, 1.165) is 0 Å². The van der Waals surface area contributed by atoms with Gasteiger partial charge in [0.2, 0.25) is 0 Å². The van der Waals surface area contributed by atoms with E-state index in [1.807, 2.05) is 0 Å². The summed E-state index contributed by atoms with van der Waals surface area (Å²) in [7, 11) is 0. The number of ether oxygens (including phenoxy) is 2. The van der Waals surface area contributed by atoms with Crippen LogP contribution in [0, 0.1) is 5.82 Å². The van der Waals surface area contributed by atoms with E-state index in [4.69, 9.17) is 21.1 Å². The second kappa shape index (κ2) is 8.67. The minimum atomic E-state index is -1.29. The molecule has 0 atom stereocenters. The number of carbonyl (C=O) groups is 2. The molecule has 1 amide bonds. The lowest BCUT2D eigenvalue weighted by Crippen LogP contribution is -2.41.